The molecule has 0 heterocycles. The lowest BCUT2D eigenvalue weighted by Crippen LogP contribution is -2.28. The second-order valence-corrected chi connectivity index (χ2v) is 9.50. The van der Waals surface area contributed by atoms with E-state index in [1.807, 2.05) is 6.21 Å². The van der Waals surface area contributed by atoms with Crippen molar-refractivity contribution in [2.75, 3.05) is 32.5 Å². The summed E-state index contributed by atoms with van der Waals surface area (Å²) in [5.41, 5.74) is 10.0. The van der Waals surface area contributed by atoms with Gasteiger partial charge in [0.05, 0.1) is 6.61 Å². The molecule has 2 rings (SSSR count). The maximum absolute atomic E-state index is 12.8. The molecular weight excluding hydrogens is 474 g/mol. The van der Waals surface area contributed by atoms with Gasteiger partial charge in [-0.25, -0.2) is 0 Å². The SMILES string of the molecule is CCCc1c(C(=O)NCCOC)ccc(N)c1C=NCC(CCC)CCCC(=O)c1ccc(Cl)cc1. The second-order valence-electron chi connectivity index (χ2n) is 9.06. The third-order valence-electron chi connectivity index (χ3n) is 6.19. The lowest BCUT2D eigenvalue weighted by Gasteiger charge is -2.16. The summed E-state index contributed by atoms with van der Waals surface area (Å²) < 4.78 is 5.03. The molecule has 1 amide bonds. The van der Waals surface area contributed by atoms with E-state index in [4.69, 9.17) is 27.1 Å². The summed E-state index contributed by atoms with van der Waals surface area (Å²) >= 11 is 5.92. The number of carbonyl (C=O) groups is 2. The lowest BCUT2D eigenvalue weighted by molar-refractivity contribution is 0.0934. The summed E-state index contributed by atoms with van der Waals surface area (Å²) in [7, 11) is 1.61. The average molecular weight is 514 g/mol. The monoisotopic (exact) mass is 513 g/mol. The van der Waals surface area contributed by atoms with Gasteiger partial charge in [-0.05, 0) is 73.6 Å². The molecule has 0 aromatic heterocycles. The molecule has 6 nitrogen and oxygen atoms in total. The topological polar surface area (TPSA) is 93.8 Å². The Hall–Kier alpha value is -2.70. The fourth-order valence-electron chi connectivity index (χ4n) is 4.29. The Balaban J connectivity index is 2.05. The Morgan fingerprint density at radius 3 is 2.53 bits per heavy atom. The Bertz CT molecular complexity index is 1010. The predicted octanol–water partition coefficient (Wildman–Crippen LogP) is 6.14. The lowest BCUT2D eigenvalue weighted by atomic mass is 9.94. The first kappa shape index (κ1) is 29.5. The number of nitrogens with one attached hydrogen (secondary N) is 1. The number of nitrogen functional groups attached to an aromatic ring is 1. The number of methoxy groups -OCH3 is 1. The standard InChI is InChI=1S/C29H40ClN3O3/c1-4-7-21(9-6-10-28(34)22-11-13-23(30)14-12-22)19-32-20-26-24(8-5-2)25(15-16-27(26)31)29(35)33-17-18-36-3/h11-16,20-21H,4-10,17-19,31H2,1-3H3,(H,33,35). The number of carbonyl (C=O) groups excluding carboxylic acids is 2. The van der Waals surface area contributed by atoms with E-state index in [0.29, 0.717) is 53.9 Å². The van der Waals surface area contributed by atoms with Crippen LogP contribution in [-0.2, 0) is 11.2 Å². The van der Waals surface area contributed by atoms with Crippen LogP contribution in [0, 0.1) is 5.92 Å². The highest BCUT2D eigenvalue weighted by molar-refractivity contribution is 6.30. The number of Topliss-reactive ketones (excluding diaryl/α,β-unsaturated/α-hetero) is 1. The fourth-order valence-corrected chi connectivity index (χ4v) is 4.41. The van der Waals surface area contributed by atoms with Gasteiger partial charge in [0, 0.05) is 60.2 Å². The Morgan fingerprint density at radius 1 is 1.11 bits per heavy atom. The van der Waals surface area contributed by atoms with E-state index >= 15 is 0 Å². The van der Waals surface area contributed by atoms with Crippen LogP contribution in [0.2, 0.25) is 5.02 Å². The molecule has 0 aliphatic heterocycles. The molecule has 1 unspecified atom stereocenters. The van der Waals surface area contributed by atoms with Crippen LogP contribution in [0.5, 0.6) is 0 Å². The van der Waals surface area contributed by atoms with E-state index in [0.717, 1.165) is 49.7 Å². The molecule has 36 heavy (non-hydrogen) atoms. The van der Waals surface area contributed by atoms with Gasteiger partial charge < -0.3 is 15.8 Å². The molecule has 0 saturated heterocycles. The van der Waals surface area contributed by atoms with E-state index in [1.54, 1.807) is 43.5 Å². The van der Waals surface area contributed by atoms with Crippen LogP contribution in [0.3, 0.4) is 0 Å². The molecule has 0 bridgehead atoms. The van der Waals surface area contributed by atoms with Gasteiger partial charge in [-0.2, -0.15) is 0 Å². The van der Waals surface area contributed by atoms with Crippen molar-refractivity contribution < 1.29 is 14.3 Å². The van der Waals surface area contributed by atoms with E-state index in [2.05, 4.69) is 19.2 Å². The first-order valence-electron chi connectivity index (χ1n) is 12.9. The van der Waals surface area contributed by atoms with Crippen molar-refractivity contribution in [3.63, 3.8) is 0 Å². The van der Waals surface area contributed by atoms with Gasteiger partial charge in [0.15, 0.2) is 5.78 Å². The molecule has 0 radical (unpaired) electrons. The van der Waals surface area contributed by atoms with Crippen molar-refractivity contribution in [1.82, 2.24) is 5.32 Å². The minimum absolute atomic E-state index is 0.126. The average Bonchev–Trinajstić information content (AvgIpc) is 2.86. The van der Waals surface area contributed by atoms with Crippen LogP contribution in [0.4, 0.5) is 5.69 Å². The summed E-state index contributed by atoms with van der Waals surface area (Å²) in [6.45, 7) is 5.83. The molecule has 0 spiro atoms. The van der Waals surface area contributed by atoms with Gasteiger partial charge in [0.25, 0.3) is 5.91 Å². The number of ether oxygens (including phenoxy) is 1. The van der Waals surface area contributed by atoms with Gasteiger partial charge in [-0.15, -0.1) is 0 Å². The van der Waals surface area contributed by atoms with Crippen molar-refractivity contribution in [2.24, 2.45) is 10.9 Å². The van der Waals surface area contributed by atoms with Gasteiger partial charge in [0.1, 0.15) is 0 Å². The van der Waals surface area contributed by atoms with Crippen molar-refractivity contribution in [1.29, 1.82) is 0 Å². The van der Waals surface area contributed by atoms with Crippen LogP contribution < -0.4 is 11.1 Å². The van der Waals surface area contributed by atoms with Gasteiger partial charge >= 0.3 is 0 Å². The largest absolute Gasteiger partial charge is 0.398 e. The Morgan fingerprint density at radius 2 is 1.86 bits per heavy atom. The molecular formula is C29H40ClN3O3. The molecule has 1 atom stereocenters. The summed E-state index contributed by atoms with van der Waals surface area (Å²) in [5.74, 6) is 0.406. The maximum atomic E-state index is 12.8. The summed E-state index contributed by atoms with van der Waals surface area (Å²) in [6, 6.07) is 10.6. The zero-order chi connectivity index (χ0) is 26.3. The molecule has 196 valence electrons. The van der Waals surface area contributed by atoms with Gasteiger partial charge in [-0.1, -0.05) is 38.3 Å². The fraction of sp³-hybridized carbons (Fsp3) is 0.483. The number of anilines is 1. The van der Waals surface area contributed by atoms with E-state index < -0.39 is 0 Å². The van der Waals surface area contributed by atoms with E-state index in [9.17, 15) is 9.59 Å². The summed E-state index contributed by atoms with van der Waals surface area (Å²) in [4.78, 5) is 30.0. The highest BCUT2D eigenvalue weighted by Gasteiger charge is 2.16. The number of nitrogens with zero attached hydrogens (tertiary/aromatic N) is 1. The molecule has 0 aliphatic carbocycles. The normalized spacial score (nSPS) is 12.1. The molecule has 2 aromatic carbocycles. The number of rotatable bonds is 16. The van der Waals surface area contributed by atoms with Crippen LogP contribution in [-0.4, -0.2) is 44.7 Å². The first-order valence-corrected chi connectivity index (χ1v) is 13.3. The van der Waals surface area contributed by atoms with Gasteiger partial charge in [0.2, 0.25) is 0 Å². The number of hydrogen-bond acceptors (Lipinski definition) is 5. The smallest absolute Gasteiger partial charge is 0.251 e. The first-order chi connectivity index (χ1) is 17.4. The van der Waals surface area contributed by atoms with Crippen LogP contribution in [0.1, 0.15) is 84.2 Å². The Kier molecular flexibility index (Phi) is 13.2. The van der Waals surface area contributed by atoms with Crippen molar-refractivity contribution >= 4 is 35.2 Å². The number of hydrogen-bond donors (Lipinski definition) is 2. The molecule has 0 saturated carbocycles. The number of aliphatic imine (C=N–C) groups is 1. The number of halogens is 1. The van der Waals surface area contributed by atoms with E-state index in [1.165, 1.54) is 0 Å². The third kappa shape index (κ3) is 9.40. The van der Waals surface area contributed by atoms with Crippen molar-refractivity contribution in [3.05, 3.63) is 63.7 Å². The third-order valence-corrected chi connectivity index (χ3v) is 6.44. The Labute approximate surface area is 220 Å². The predicted molar refractivity (Wildman–Crippen MR) is 150 cm³/mol. The number of nitrogens with two attached hydrogens (primary N) is 1. The minimum Gasteiger partial charge on any atom is -0.398 e. The van der Waals surface area contributed by atoms with Crippen LogP contribution in [0.15, 0.2) is 41.4 Å². The summed E-state index contributed by atoms with van der Waals surface area (Å²) in [6.07, 6.45) is 7.84. The zero-order valence-corrected chi connectivity index (χ0v) is 22.6. The molecule has 0 aliphatic rings. The van der Waals surface area contributed by atoms with Crippen molar-refractivity contribution in [2.45, 2.75) is 58.8 Å². The van der Waals surface area contributed by atoms with E-state index in [-0.39, 0.29) is 11.7 Å². The van der Waals surface area contributed by atoms with Crippen LogP contribution in [0.25, 0.3) is 0 Å². The zero-order valence-electron chi connectivity index (χ0n) is 21.8. The highest BCUT2D eigenvalue weighted by Crippen LogP contribution is 2.23. The molecule has 3 N–H and O–H groups in total. The highest BCUT2D eigenvalue weighted by atomic mass is 35.5. The minimum atomic E-state index is -0.126. The molecule has 0 fully saturated rings. The molecule has 7 heteroatoms. The van der Waals surface area contributed by atoms with Gasteiger partial charge in [-0.3, -0.25) is 14.6 Å². The quantitative estimate of drug-likeness (QED) is 0.122. The number of ketones is 1. The second kappa shape index (κ2) is 16.1. The number of amides is 1. The maximum Gasteiger partial charge on any atom is 0.251 e. The molecule has 2 aromatic rings. The van der Waals surface area contributed by atoms with Crippen molar-refractivity contribution in [3.8, 4) is 0 Å². The number of benzene rings is 2. The van der Waals surface area contributed by atoms with Crippen LogP contribution >= 0.6 is 11.6 Å². The summed E-state index contributed by atoms with van der Waals surface area (Å²) in [5, 5.41) is 3.53.